The molecule has 21 heavy (non-hydrogen) atoms. The van der Waals surface area contributed by atoms with E-state index in [1.165, 1.54) is 50.5 Å². The number of carboxylic acid groups (broad SMARTS) is 1. The van der Waals surface area contributed by atoms with Crippen LogP contribution in [0.25, 0.3) is 0 Å². The number of rotatable bonds is 15. The third-order valence-corrected chi connectivity index (χ3v) is 3.72. The Morgan fingerprint density at radius 1 is 0.905 bits per heavy atom. The third-order valence-electron chi connectivity index (χ3n) is 3.72. The molecule has 0 radical (unpaired) electrons. The first kappa shape index (κ1) is 19.9. The van der Waals surface area contributed by atoms with Gasteiger partial charge in [-0.15, -0.1) is 0 Å². The lowest BCUT2D eigenvalue weighted by Crippen LogP contribution is -1.93. The Labute approximate surface area is 131 Å². The summed E-state index contributed by atoms with van der Waals surface area (Å²) < 4.78 is 0. The summed E-state index contributed by atoms with van der Waals surface area (Å²) in [6.45, 7) is 6.37. The highest BCUT2D eigenvalue weighted by atomic mass is 16.4. The Bertz CT molecular complexity index is 292. The molecule has 0 aromatic rings. The van der Waals surface area contributed by atoms with Crippen LogP contribution in [0.2, 0.25) is 0 Å². The molecule has 0 bridgehead atoms. The fourth-order valence-electron chi connectivity index (χ4n) is 2.34. The Balaban J connectivity index is 3.28. The molecule has 0 aliphatic rings. The molecule has 0 aliphatic carbocycles. The molecular weight excluding hydrogens is 260 g/mol. The molecule has 0 saturated heterocycles. The van der Waals surface area contributed by atoms with Crippen molar-refractivity contribution in [3.05, 3.63) is 24.3 Å². The summed E-state index contributed by atoms with van der Waals surface area (Å²) in [6.07, 6.45) is 18.9. The van der Waals surface area contributed by atoms with Gasteiger partial charge in [-0.05, 0) is 38.5 Å². The molecule has 0 aromatic heterocycles. The number of aliphatic carboxylic acids is 1. The summed E-state index contributed by atoms with van der Waals surface area (Å²) in [5, 5.41) is 8.52. The lowest BCUT2D eigenvalue weighted by molar-refractivity contribution is -0.137. The zero-order valence-corrected chi connectivity index (χ0v) is 13.9. The molecule has 1 N–H and O–H groups in total. The Morgan fingerprint density at radius 2 is 1.52 bits per heavy atom. The van der Waals surface area contributed by atoms with Gasteiger partial charge in [-0.3, -0.25) is 4.79 Å². The second kappa shape index (κ2) is 15.3. The Hall–Kier alpha value is -1.05. The monoisotopic (exact) mass is 294 g/mol. The van der Waals surface area contributed by atoms with Crippen molar-refractivity contribution in [3.8, 4) is 0 Å². The van der Waals surface area contributed by atoms with Crippen molar-refractivity contribution in [2.24, 2.45) is 0 Å². The highest BCUT2D eigenvalue weighted by Crippen LogP contribution is 2.13. The predicted molar refractivity (Wildman–Crippen MR) is 91.6 cm³/mol. The maximum absolute atomic E-state index is 10.3. The van der Waals surface area contributed by atoms with E-state index in [2.05, 4.69) is 25.7 Å². The van der Waals surface area contributed by atoms with E-state index < -0.39 is 5.97 Å². The average Bonchev–Trinajstić information content (AvgIpc) is 2.45. The first-order valence-electron chi connectivity index (χ1n) is 8.70. The van der Waals surface area contributed by atoms with Crippen LogP contribution in [0.1, 0.15) is 90.4 Å². The van der Waals surface area contributed by atoms with Gasteiger partial charge in [0.25, 0.3) is 0 Å². The quantitative estimate of drug-likeness (QED) is 0.285. The van der Waals surface area contributed by atoms with Crippen LogP contribution in [0.3, 0.4) is 0 Å². The van der Waals surface area contributed by atoms with E-state index in [4.69, 9.17) is 5.11 Å². The van der Waals surface area contributed by atoms with Crippen LogP contribution in [0, 0.1) is 0 Å². The fraction of sp³-hybridized carbons (Fsp3) is 0.737. The summed E-state index contributed by atoms with van der Waals surface area (Å²) in [5.74, 6) is -0.673. The van der Waals surface area contributed by atoms with Gasteiger partial charge in [0.1, 0.15) is 0 Å². The van der Waals surface area contributed by atoms with Crippen LogP contribution in [0.4, 0.5) is 0 Å². The lowest BCUT2D eigenvalue weighted by Gasteiger charge is -2.02. The minimum absolute atomic E-state index is 0.320. The van der Waals surface area contributed by atoms with Crippen molar-refractivity contribution in [1.29, 1.82) is 0 Å². The standard InChI is InChI=1S/C19H34O2/c1-3-4-5-12-15-18(2)16-13-10-8-6-7-9-11-14-17-19(20)21/h10,13H,2-9,11-12,14-17H2,1H3,(H,20,21)/b13-10-. The summed E-state index contributed by atoms with van der Waals surface area (Å²) >= 11 is 0. The zero-order valence-electron chi connectivity index (χ0n) is 13.9. The van der Waals surface area contributed by atoms with Gasteiger partial charge in [-0.25, -0.2) is 0 Å². The van der Waals surface area contributed by atoms with Gasteiger partial charge in [0.05, 0.1) is 0 Å². The normalized spacial score (nSPS) is 11.1. The van der Waals surface area contributed by atoms with Gasteiger partial charge in [-0.1, -0.05) is 69.8 Å². The van der Waals surface area contributed by atoms with E-state index in [-0.39, 0.29) is 0 Å². The molecule has 2 nitrogen and oxygen atoms in total. The Morgan fingerprint density at radius 3 is 2.24 bits per heavy atom. The number of unbranched alkanes of at least 4 members (excludes halogenated alkanes) is 8. The molecule has 122 valence electrons. The highest BCUT2D eigenvalue weighted by Gasteiger charge is 1.96. The van der Waals surface area contributed by atoms with Crippen LogP contribution in [0.5, 0.6) is 0 Å². The highest BCUT2D eigenvalue weighted by molar-refractivity contribution is 5.66. The minimum atomic E-state index is -0.673. The van der Waals surface area contributed by atoms with Crippen LogP contribution in [-0.2, 0) is 4.79 Å². The zero-order chi connectivity index (χ0) is 15.8. The van der Waals surface area contributed by atoms with Crippen molar-refractivity contribution in [1.82, 2.24) is 0 Å². The molecular formula is C19H34O2. The third kappa shape index (κ3) is 16.9. The minimum Gasteiger partial charge on any atom is -0.481 e. The number of carbonyl (C=O) groups is 1. The van der Waals surface area contributed by atoms with Gasteiger partial charge >= 0.3 is 5.97 Å². The van der Waals surface area contributed by atoms with E-state index in [9.17, 15) is 4.79 Å². The van der Waals surface area contributed by atoms with Crippen LogP contribution in [0.15, 0.2) is 24.3 Å². The largest absolute Gasteiger partial charge is 0.481 e. The summed E-state index contributed by atoms with van der Waals surface area (Å²) in [4.78, 5) is 10.3. The van der Waals surface area contributed by atoms with Crippen LogP contribution in [-0.4, -0.2) is 11.1 Å². The fourth-order valence-corrected chi connectivity index (χ4v) is 2.34. The first-order chi connectivity index (χ1) is 10.2. The number of carboxylic acids is 1. The Kier molecular flexibility index (Phi) is 14.6. The smallest absolute Gasteiger partial charge is 0.303 e. The van der Waals surface area contributed by atoms with Crippen LogP contribution < -0.4 is 0 Å². The van der Waals surface area contributed by atoms with E-state index in [1.54, 1.807) is 0 Å². The predicted octanol–water partition coefficient (Wildman–Crippen LogP) is 6.27. The van der Waals surface area contributed by atoms with Gasteiger partial charge in [0.15, 0.2) is 0 Å². The van der Waals surface area contributed by atoms with Gasteiger partial charge in [0.2, 0.25) is 0 Å². The first-order valence-corrected chi connectivity index (χ1v) is 8.70. The SMILES string of the molecule is C=C(C/C=C\CCCCCCCC(=O)O)CCCCCC. The molecule has 0 rings (SSSR count). The summed E-state index contributed by atoms with van der Waals surface area (Å²) in [5.41, 5.74) is 1.36. The lowest BCUT2D eigenvalue weighted by atomic mass is 10.0. The van der Waals surface area contributed by atoms with Gasteiger partial charge < -0.3 is 5.11 Å². The van der Waals surface area contributed by atoms with Crippen molar-refractivity contribution < 1.29 is 9.90 Å². The molecule has 0 spiro atoms. The summed E-state index contributed by atoms with van der Waals surface area (Å²) in [7, 11) is 0. The van der Waals surface area contributed by atoms with Gasteiger partial charge in [0, 0.05) is 6.42 Å². The number of allylic oxidation sites excluding steroid dienone is 3. The molecule has 0 fully saturated rings. The second-order valence-corrected chi connectivity index (χ2v) is 5.94. The molecule has 0 unspecified atom stereocenters. The van der Waals surface area contributed by atoms with Crippen molar-refractivity contribution >= 4 is 5.97 Å². The maximum Gasteiger partial charge on any atom is 0.303 e. The molecule has 0 aliphatic heterocycles. The molecule has 0 atom stereocenters. The number of hydrogen-bond acceptors (Lipinski definition) is 1. The van der Waals surface area contributed by atoms with Crippen molar-refractivity contribution in [2.75, 3.05) is 0 Å². The van der Waals surface area contributed by atoms with Crippen molar-refractivity contribution in [2.45, 2.75) is 90.4 Å². The second-order valence-electron chi connectivity index (χ2n) is 5.94. The van der Waals surface area contributed by atoms with Crippen LogP contribution >= 0.6 is 0 Å². The molecule has 0 saturated carbocycles. The van der Waals surface area contributed by atoms with E-state index in [0.29, 0.717) is 6.42 Å². The molecule has 2 heteroatoms. The number of hydrogen-bond donors (Lipinski definition) is 1. The average molecular weight is 294 g/mol. The molecule has 0 heterocycles. The topological polar surface area (TPSA) is 37.3 Å². The van der Waals surface area contributed by atoms with E-state index in [1.807, 2.05) is 0 Å². The molecule has 0 aromatic carbocycles. The van der Waals surface area contributed by atoms with Crippen molar-refractivity contribution in [3.63, 3.8) is 0 Å². The molecule has 0 amide bonds. The maximum atomic E-state index is 10.3. The van der Waals surface area contributed by atoms with Gasteiger partial charge in [-0.2, -0.15) is 0 Å². The van der Waals surface area contributed by atoms with E-state index in [0.717, 1.165) is 32.1 Å². The summed E-state index contributed by atoms with van der Waals surface area (Å²) in [6, 6.07) is 0. The van der Waals surface area contributed by atoms with E-state index >= 15 is 0 Å².